The Balaban J connectivity index is 1.69. The van der Waals surface area contributed by atoms with E-state index < -0.39 is 0 Å². The molecule has 1 atom stereocenters. The molecule has 1 N–H and O–H groups in total. The quantitative estimate of drug-likeness (QED) is 0.779. The van der Waals surface area contributed by atoms with Crippen LogP contribution in [0.3, 0.4) is 0 Å². The topological polar surface area (TPSA) is 76.7 Å². The summed E-state index contributed by atoms with van der Waals surface area (Å²) in [4.78, 5) is 13.1. The SMILES string of the molecule is Cc1cc(NC(C)c2noc(Cc3ccccc3)n2)nc(C)n1. The number of nitrogens with one attached hydrogen (secondary N) is 1. The third kappa shape index (κ3) is 3.91. The summed E-state index contributed by atoms with van der Waals surface area (Å²) in [7, 11) is 0. The first-order chi connectivity index (χ1) is 11.1. The second kappa shape index (κ2) is 6.56. The standard InChI is InChI=1S/C17H19N5O/c1-11-9-15(20-13(3)18-11)19-12(2)17-21-16(23-22-17)10-14-7-5-4-6-8-14/h4-9,12H,10H2,1-3H3,(H,18,19,20). The van der Waals surface area contributed by atoms with Crippen molar-refractivity contribution in [1.82, 2.24) is 20.1 Å². The molecular formula is C17H19N5O. The summed E-state index contributed by atoms with van der Waals surface area (Å²) in [6, 6.07) is 11.9. The molecule has 118 valence electrons. The van der Waals surface area contributed by atoms with Gasteiger partial charge >= 0.3 is 0 Å². The van der Waals surface area contributed by atoms with Gasteiger partial charge in [0.15, 0.2) is 5.82 Å². The number of anilines is 1. The monoisotopic (exact) mass is 309 g/mol. The maximum Gasteiger partial charge on any atom is 0.231 e. The van der Waals surface area contributed by atoms with Crippen molar-refractivity contribution in [1.29, 1.82) is 0 Å². The average Bonchev–Trinajstić information content (AvgIpc) is 2.96. The number of hydrogen-bond acceptors (Lipinski definition) is 6. The van der Waals surface area contributed by atoms with Crippen LogP contribution in [0.1, 0.15) is 41.8 Å². The van der Waals surface area contributed by atoms with E-state index in [4.69, 9.17) is 4.52 Å². The predicted molar refractivity (Wildman–Crippen MR) is 87.1 cm³/mol. The summed E-state index contributed by atoms with van der Waals surface area (Å²) < 4.78 is 5.34. The lowest BCUT2D eigenvalue weighted by atomic mass is 10.1. The van der Waals surface area contributed by atoms with Gasteiger partial charge in [0.05, 0.1) is 12.5 Å². The molecule has 6 nitrogen and oxygen atoms in total. The maximum absolute atomic E-state index is 5.34. The Kier molecular flexibility index (Phi) is 4.32. The van der Waals surface area contributed by atoms with E-state index in [1.807, 2.05) is 57.2 Å². The van der Waals surface area contributed by atoms with E-state index in [2.05, 4.69) is 25.4 Å². The van der Waals surface area contributed by atoms with Gasteiger partial charge in [0.25, 0.3) is 0 Å². The molecule has 0 aliphatic carbocycles. The average molecular weight is 309 g/mol. The van der Waals surface area contributed by atoms with E-state index in [0.717, 1.165) is 22.9 Å². The molecule has 0 spiro atoms. The second-order valence-corrected chi connectivity index (χ2v) is 5.52. The van der Waals surface area contributed by atoms with Crippen LogP contribution in [-0.4, -0.2) is 20.1 Å². The van der Waals surface area contributed by atoms with Gasteiger partial charge < -0.3 is 9.84 Å². The van der Waals surface area contributed by atoms with E-state index in [0.29, 0.717) is 18.1 Å². The predicted octanol–water partition coefficient (Wildman–Crippen LogP) is 3.24. The summed E-state index contributed by atoms with van der Waals surface area (Å²) in [5, 5.41) is 7.34. The molecule has 1 unspecified atom stereocenters. The van der Waals surface area contributed by atoms with E-state index in [1.54, 1.807) is 0 Å². The molecule has 0 amide bonds. The Hall–Kier alpha value is -2.76. The van der Waals surface area contributed by atoms with Gasteiger partial charge in [-0.2, -0.15) is 4.98 Å². The molecule has 2 heterocycles. The van der Waals surface area contributed by atoms with Crippen molar-refractivity contribution >= 4 is 5.82 Å². The Morgan fingerprint density at radius 2 is 1.87 bits per heavy atom. The van der Waals surface area contributed by atoms with Gasteiger partial charge in [-0.1, -0.05) is 35.5 Å². The molecule has 3 aromatic rings. The Morgan fingerprint density at radius 1 is 1.09 bits per heavy atom. The third-order valence-electron chi connectivity index (χ3n) is 3.40. The van der Waals surface area contributed by atoms with Crippen LogP contribution in [0.25, 0.3) is 0 Å². The van der Waals surface area contributed by atoms with Gasteiger partial charge in [-0.25, -0.2) is 9.97 Å². The largest absolute Gasteiger partial charge is 0.360 e. The van der Waals surface area contributed by atoms with Gasteiger partial charge in [-0.05, 0) is 26.3 Å². The number of benzene rings is 1. The fourth-order valence-corrected chi connectivity index (χ4v) is 2.36. The first kappa shape index (κ1) is 15.1. The Labute approximate surface area is 135 Å². The summed E-state index contributed by atoms with van der Waals surface area (Å²) in [5.74, 6) is 2.72. The number of nitrogens with zero attached hydrogens (tertiary/aromatic N) is 4. The minimum Gasteiger partial charge on any atom is -0.360 e. The number of hydrogen-bond donors (Lipinski definition) is 1. The summed E-state index contributed by atoms with van der Waals surface area (Å²) in [6.07, 6.45) is 0.631. The normalized spacial score (nSPS) is 12.1. The van der Waals surface area contributed by atoms with Gasteiger partial charge in [0.2, 0.25) is 5.89 Å². The molecule has 0 radical (unpaired) electrons. The third-order valence-corrected chi connectivity index (χ3v) is 3.40. The first-order valence-corrected chi connectivity index (χ1v) is 7.55. The Bertz CT molecular complexity index is 764. The molecule has 1 aromatic carbocycles. The molecular weight excluding hydrogens is 290 g/mol. The van der Waals surface area contributed by atoms with Crippen LogP contribution < -0.4 is 5.32 Å². The minimum atomic E-state index is -0.100. The van der Waals surface area contributed by atoms with E-state index >= 15 is 0 Å². The molecule has 0 fully saturated rings. The number of aryl methyl sites for hydroxylation is 2. The highest BCUT2D eigenvalue weighted by molar-refractivity contribution is 5.37. The van der Waals surface area contributed by atoms with Crippen LogP contribution in [-0.2, 0) is 6.42 Å². The maximum atomic E-state index is 5.34. The van der Waals surface area contributed by atoms with Crippen molar-refractivity contribution < 1.29 is 4.52 Å². The summed E-state index contributed by atoms with van der Waals surface area (Å²) in [6.45, 7) is 5.79. The number of aromatic nitrogens is 4. The van der Waals surface area contributed by atoms with Crippen molar-refractivity contribution in [2.24, 2.45) is 0 Å². The van der Waals surface area contributed by atoms with Crippen molar-refractivity contribution in [2.45, 2.75) is 33.2 Å². The zero-order valence-corrected chi connectivity index (χ0v) is 13.4. The van der Waals surface area contributed by atoms with Gasteiger partial charge in [-0.3, -0.25) is 0 Å². The van der Waals surface area contributed by atoms with Crippen LogP contribution in [0, 0.1) is 13.8 Å². The smallest absolute Gasteiger partial charge is 0.231 e. The molecule has 0 bridgehead atoms. The van der Waals surface area contributed by atoms with Crippen LogP contribution in [0.2, 0.25) is 0 Å². The molecule has 0 saturated heterocycles. The highest BCUT2D eigenvalue weighted by Crippen LogP contribution is 2.17. The molecule has 0 aliphatic rings. The fourth-order valence-electron chi connectivity index (χ4n) is 2.36. The highest BCUT2D eigenvalue weighted by atomic mass is 16.5. The van der Waals surface area contributed by atoms with E-state index in [9.17, 15) is 0 Å². The van der Waals surface area contributed by atoms with Crippen molar-refractivity contribution in [3.8, 4) is 0 Å². The minimum absolute atomic E-state index is 0.100. The first-order valence-electron chi connectivity index (χ1n) is 7.55. The molecule has 0 saturated carbocycles. The zero-order valence-electron chi connectivity index (χ0n) is 13.4. The summed E-state index contributed by atoms with van der Waals surface area (Å²) >= 11 is 0. The Morgan fingerprint density at radius 3 is 2.61 bits per heavy atom. The van der Waals surface area contributed by atoms with Gasteiger partial charge in [0.1, 0.15) is 11.6 Å². The fraction of sp³-hybridized carbons (Fsp3) is 0.294. The zero-order chi connectivity index (χ0) is 16.2. The van der Waals surface area contributed by atoms with Crippen LogP contribution >= 0.6 is 0 Å². The van der Waals surface area contributed by atoms with Crippen LogP contribution in [0.5, 0.6) is 0 Å². The second-order valence-electron chi connectivity index (χ2n) is 5.52. The van der Waals surface area contributed by atoms with Crippen molar-refractivity contribution in [3.63, 3.8) is 0 Å². The van der Waals surface area contributed by atoms with Crippen molar-refractivity contribution in [3.05, 3.63) is 65.2 Å². The summed E-state index contributed by atoms with van der Waals surface area (Å²) in [5.41, 5.74) is 2.07. The molecule has 0 aliphatic heterocycles. The van der Waals surface area contributed by atoms with E-state index in [-0.39, 0.29) is 6.04 Å². The lowest BCUT2D eigenvalue weighted by Crippen LogP contribution is -2.11. The number of rotatable bonds is 5. The van der Waals surface area contributed by atoms with E-state index in [1.165, 1.54) is 0 Å². The van der Waals surface area contributed by atoms with Crippen molar-refractivity contribution in [2.75, 3.05) is 5.32 Å². The van der Waals surface area contributed by atoms with Crippen LogP contribution in [0.4, 0.5) is 5.82 Å². The molecule has 2 aromatic heterocycles. The molecule has 23 heavy (non-hydrogen) atoms. The molecule has 6 heteroatoms. The molecule has 3 rings (SSSR count). The lowest BCUT2D eigenvalue weighted by Gasteiger charge is -2.11. The van der Waals surface area contributed by atoms with Gasteiger partial charge in [-0.15, -0.1) is 0 Å². The highest BCUT2D eigenvalue weighted by Gasteiger charge is 2.15. The van der Waals surface area contributed by atoms with Gasteiger partial charge in [0, 0.05) is 11.8 Å². The lowest BCUT2D eigenvalue weighted by molar-refractivity contribution is 0.377. The van der Waals surface area contributed by atoms with Crippen LogP contribution in [0.15, 0.2) is 40.9 Å².